The van der Waals surface area contributed by atoms with Crippen LogP contribution in [0.2, 0.25) is 0 Å². The van der Waals surface area contributed by atoms with E-state index in [1.807, 2.05) is 30.3 Å². The minimum atomic E-state index is 0.255. The average molecular weight is 245 g/mol. The van der Waals surface area contributed by atoms with Crippen LogP contribution in [-0.4, -0.2) is 13.7 Å². The summed E-state index contributed by atoms with van der Waals surface area (Å²) in [5, 5.41) is 11.4. The van der Waals surface area contributed by atoms with Crippen LogP contribution in [0.5, 0.6) is 11.6 Å². The van der Waals surface area contributed by atoms with Gasteiger partial charge in [0, 0.05) is 6.42 Å². The van der Waals surface area contributed by atoms with Gasteiger partial charge in [-0.15, -0.1) is 4.73 Å². The van der Waals surface area contributed by atoms with Gasteiger partial charge >= 0.3 is 5.88 Å². The van der Waals surface area contributed by atoms with Gasteiger partial charge in [0.2, 0.25) is 6.20 Å². The maximum absolute atomic E-state index is 11.4. The van der Waals surface area contributed by atoms with Crippen LogP contribution in [0, 0.1) is 5.21 Å². The zero-order valence-electron chi connectivity index (χ0n) is 10.2. The van der Waals surface area contributed by atoms with E-state index in [1.54, 1.807) is 12.1 Å². The van der Waals surface area contributed by atoms with Crippen molar-refractivity contribution in [2.45, 2.75) is 6.42 Å². The molecule has 0 saturated heterocycles. The van der Waals surface area contributed by atoms with E-state index in [2.05, 4.69) is 0 Å². The quantitative estimate of drug-likeness (QED) is 0.597. The molecule has 0 bridgehead atoms. The van der Waals surface area contributed by atoms with Crippen LogP contribution >= 0.6 is 0 Å². The zero-order valence-corrected chi connectivity index (χ0v) is 10.2. The van der Waals surface area contributed by atoms with Crippen LogP contribution in [0.15, 0.2) is 48.7 Å². The van der Waals surface area contributed by atoms with Gasteiger partial charge in [-0.2, -0.15) is 0 Å². The largest absolute Gasteiger partial charge is 0.616 e. The SMILES string of the molecule is COc1ccc(OCCc2ccccc2)c[n+]1[O-]. The summed E-state index contributed by atoms with van der Waals surface area (Å²) in [5.74, 6) is 0.798. The van der Waals surface area contributed by atoms with Crippen molar-refractivity contribution in [3.8, 4) is 11.6 Å². The molecule has 0 aliphatic rings. The van der Waals surface area contributed by atoms with Crippen molar-refractivity contribution in [2.75, 3.05) is 13.7 Å². The topological polar surface area (TPSA) is 45.4 Å². The van der Waals surface area contributed by atoms with Crippen LogP contribution in [0.1, 0.15) is 5.56 Å². The molecule has 0 spiro atoms. The molecule has 0 atom stereocenters. The van der Waals surface area contributed by atoms with Gasteiger partial charge in [0.25, 0.3) is 0 Å². The zero-order chi connectivity index (χ0) is 12.8. The molecule has 0 N–H and O–H groups in total. The number of hydrogen-bond donors (Lipinski definition) is 0. The van der Waals surface area contributed by atoms with Gasteiger partial charge in [0.05, 0.1) is 19.8 Å². The molecule has 0 saturated carbocycles. The molecule has 2 aromatic rings. The predicted molar refractivity (Wildman–Crippen MR) is 67.6 cm³/mol. The molecule has 18 heavy (non-hydrogen) atoms. The van der Waals surface area contributed by atoms with Crippen LogP contribution in [0.3, 0.4) is 0 Å². The third-order valence-electron chi connectivity index (χ3n) is 2.56. The lowest BCUT2D eigenvalue weighted by atomic mass is 10.2. The third kappa shape index (κ3) is 3.13. The fourth-order valence-electron chi connectivity index (χ4n) is 1.62. The second-order valence-electron chi connectivity index (χ2n) is 3.82. The molecular formula is C14H15NO3. The van der Waals surface area contributed by atoms with E-state index >= 15 is 0 Å². The van der Waals surface area contributed by atoms with Crippen molar-refractivity contribution in [3.63, 3.8) is 0 Å². The van der Waals surface area contributed by atoms with Crippen molar-refractivity contribution in [3.05, 3.63) is 59.4 Å². The molecule has 1 aromatic heterocycles. The highest BCUT2D eigenvalue weighted by Crippen LogP contribution is 2.12. The Kier molecular flexibility index (Phi) is 4.02. The summed E-state index contributed by atoms with van der Waals surface area (Å²) >= 11 is 0. The fourth-order valence-corrected chi connectivity index (χ4v) is 1.62. The molecule has 4 heteroatoms. The van der Waals surface area contributed by atoms with Crippen molar-refractivity contribution in [1.29, 1.82) is 0 Å². The Bertz CT molecular complexity index is 500. The number of aromatic nitrogens is 1. The number of ether oxygens (including phenoxy) is 2. The first-order valence-electron chi connectivity index (χ1n) is 5.73. The van der Waals surface area contributed by atoms with Gasteiger partial charge in [-0.3, -0.25) is 0 Å². The third-order valence-corrected chi connectivity index (χ3v) is 2.56. The minimum Gasteiger partial charge on any atom is -0.616 e. The summed E-state index contributed by atoms with van der Waals surface area (Å²) in [6.07, 6.45) is 2.18. The van der Waals surface area contributed by atoms with Crippen molar-refractivity contribution in [1.82, 2.24) is 0 Å². The molecule has 0 fully saturated rings. The van der Waals surface area contributed by atoms with Crippen LogP contribution in [0.4, 0.5) is 0 Å². The van der Waals surface area contributed by atoms with E-state index in [1.165, 1.54) is 18.9 Å². The molecule has 1 heterocycles. The molecule has 4 nitrogen and oxygen atoms in total. The summed E-state index contributed by atoms with van der Waals surface area (Å²) in [5.41, 5.74) is 1.21. The molecule has 1 aromatic carbocycles. The molecule has 2 rings (SSSR count). The van der Waals surface area contributed by atoms with Gasteiger partial charge in [-0.05, 0) is 11.6 Å². The maximum Gasteiger partial charge on any atom is 0.379 e. The lowest BCUT2D eigenvalue weighted by Gasteiger charge is -2.07. The van der Waals surface area contributed by atoms with Gasteiger partial charge in [0.15, 0.2) is 5.75 Å². The Balaban J connectivity index is 1.89. The van der Waals surface area contributed by atoms with E-state index in [0.29, 0.717) is 17.1 Å². The van der Waals surface area contributed by atoms with E-state index in [4.69, 9.17) is 9.47 Å². The van der Waals surface area contributed by atoms with Gasteiger partial charge in [0.1, 0.15) is 0 Å². The first kappa shape index (κ1) is 12.2. The van der Waals surface area contributed by atoms with E-state index in [-0.39, 0.29) is 5.88 Å². The Hall–Kier alpha value is -2.23. The summed E-state index contributed by atoms with van der Waals surface area (Å²) in [7, 11) is 1.46. The molecule has 0 aliphatic heterocycles. The monoisotopic (exact) mass is 245 g/mol. The summed E-state index contributed by atoms with van der Waals surface area (Å²) in [6.45, 7) is 0.538. The summed E-state index contributed by atoms with van der Waals surface area (Å²) < 4.78 is 11.0. The highest BCUT2D eigenvalue weighted by molar-refractivity contribution is 5.19. The first-order chi connectivity index (χ1) is 8.79. The lowest BCUT2D eigenvalue weighted by molar-refractivity contribution is -0.612. The molecule has 0 amide bonds. The van der Waals surface area contributed by atoms with Crippen LogP contribution in [0.25, 0.3) is 0 Å². The number of benzene rings is 1. The predicted octanol–water partition coefficient (Wildman–Crippen LogP) is 1.95. The normalized spacial score (nSPS) is 10.1. The van der Waals surface area contributed by atoms with Crippen LogP contribution in [-0.2, 0) is 6.42 Å². The van der Waals surface area contributed by atoms with E-state index in [0.717, 1.165) is 6.42 Å². The average Bonchev–Trinajstić information content (AvgIpc) is 2.40. The Morgan fingerprint density at radius 1 is 1.11 bits per heavy atom. The number of nitrogens with zero attached hydrogens (tertiary/aromatic N) is 1. The molecule has 94 valence electrons. The summed E-state index contributed by atoms with van der Waals surface area (Å²) in [4.78, 5) is 0. The van der Waals surface area contributed by atoms with Crippen molar-refractivity contribution < 1.29 is 14.2 Å². The molecule has 0 unspecified atom stereocenters. The van der Waals surface area contributed by atoms with Gasteiger partial charge in [-0.1, -0.05) is 30.3 Å². The molecular weight excluding hydrogens is 230 g/mol. The van der Waals surface area contributed by atoms with E-state index < -0.39 is 0 Å². The Morgan fingerprint density at radius 2 is 1.89 bits per heavy atom. The molecule has 0 radical (unpaired) electrons. The van der Waals surface area contributed by atoms with Crippen molar-refractivity contribution in [2.24, 2.45) is 0 Å². The van der Waals surface area contributed by atoms with Gasteiger partial charge < -0.3 is 14.7 Å². The second-order valence-corrected chi connectivity index (χ2v) is 3.82. The highest BCUT2D eigenvalue weighted by atomic mass is 16.5. The number of hydrogen-bond acceptors (Lipinski definition) is 3. The smallest absolute Gasteiger partial charge is 0.379 e. The highest BCUT2D eigenvalue weighted by Gasteiger charge is 2.06. The van der Waals surface area contributed by atoms with E-state index in [9.17, 15) is 5.21 Å². The molecule has 0 aliphatic carbocycles. The second kappa shape index (κ2) is 5.91. The number of methoxy groups -OCH3 is 1. The van der Waals surface area contributed by atoms with Crippen molar-refractivity contribution >= 4 is 0 Å². The Morgan fingerprint density at radius 3 is 2.56 bits per heavy atom. The summed E-state index contributed by atoms with van der Waals surface area (Å²) in [6, 6.07) is 13.4. The van der Waals surface area contributed by atoms with Gasteiger partial charge in [-0.25, -0.2) is 0 Å². The van der Waals surface area contributed by atoms with Crippen LogP contribution < -0.4 is 14.2 Å². The number of rotatable bonds is 5. The standard InChI is InChI=1S/C14H15NO3/c1-17-14-8-7-13(11-15(14)16)18-10-9-12-5-3-2-4-6-12/h2-8,11H,9-10H2,1H3. The maximum atomic E-state index is 11.4. The lowest BCUT2D eigenvalue weighted by Crippen LogP contribution is -2.27. The first-order valence-corrected chi connectivity index (χ1v) is 5.73. The fraction of sp³-hybridized carbons (Fsp3) is 0.214. The minimum absolute atomic E-state index is 0.255. The Labute approximate surface area is 106 Å². The number of pyridine rings is 1.